The van der Waals surface area contributed by atoms with Gasteiger partial charge in [-0.15, -0.1) is 11.3 Å². The average Bonchev–Trinajstić information content (AvgIpc) is 2.79. The molecule has 2 aromatic rings. The normalized spacial score (nSPS) is 13.3. The van der Waals surface area contributed by atoms with E-state index in [0.29, 0.717) is 17.1 Å². The lowest BCUT2D eigenvalue weighted by Crippen LogP contribution is -2.39. The van der Waals surface area contributed by atoms with Crippen LogP contribution in [0.25, 0.3) is 0 Å². The fourth-order valence-electron chi connectivity index (χ4n) is 2.08. The third-order valence-electron chi connectivity index (χ3n) is 2.97. The Hall–Kier alpha value is -1.28. The fraction of sp³-hybridized carbons (Fsp3) is 0.357. The van der Waals surface area contributed by atoms with Crippen molar-refractivity contribution in [2.75, 3.05) is 6.61 Å². The number of sulfonamides is 1. The molecule has 1 aromatic heterocycles. The Morgan fingerprint density at radius 1 is 1.29 bits per heavy atom. The smallest absolute Gasteiger partial charge is 0.252 e. The van der Waals surface area contributed by atoms with E-state index in [4.69, 9.17) is 0 Å². The molecule has 0 aliphatic rings. The minimum Gasteiger partial charge on any atom is -0.395 e. The maximum atomic E-state index is 12.4. The second-order valence-corrected chi connectivity index (χ2v) is 7.91. The van der Waals surface area contributed by atoms with Crippen LogP contribution in [0.2, 0.25) is 0 Å². The number of aromatic nitrogens is 1. The first kappa shape index (κ1) is 16.1. The van der Waals surface area contributed by atoms with Gasteiger partial charge in [0.15, 0.2) is 4.21 Å². The number of benzene rings is 1. The van der Waals surface area contributed by atoms with Crippen molar-refractivity contribution in [2.45, 2.75) is 30.5 Å². The van der Waals surface area contributed by atoms with Gasteiger partial charge in [0.2, 0.25) is 0 Å². The maximum Gasteiger partial charge on any atom is 0.252 e. The molecule has 0 unspecified atom stereocenters. The number of aryl methyl sites for hydroxylation is 2. The van der Waals surface area contributed by atoms with Crippen molar-refractivity contribution in [3.05, 3.63) is 46.6 Å². The molecule has 0 amide bonds. The highest BCUT2D eigenvalue weighted by atomic mass is 32.2. The zero-order valence-corrected chi connectivity index (χ0v) is 13.5. The Labute approximate surface area is 128 Å². The predicted molar refractivity (Wildman–Crippen MR) is 82.9 cm³/mol. The number of aliphatic hydroxyl groups excluding tert-OH is 1. The van der Waals surface area contributed by atoms with Crippen LogP contribution in [0.15, 0.2) is 34.5 Å². The van der Waals surface area contributed by atoms with Gasteiger partial charge in [-0.1, -0.05) is 30.3 Å². The summed E-state index contributed by atoms with van der Waals surface area (Å²) in [6.45, 7) is 3.18. The van der Waals surface area contributed by atoms with Gasteiger partial charge in [0.1, 0.15) is 0 Å². The van der Waals surface area contributed by atoms with Crippen molar-refractivity contribution in [1.29, 1.82) is 0 Å². The molecule has 7 heteroatoms. The van der Waals surface area contributed by atoms with Gasteiger partial charge < -0.3 is 5.11 Å². The number of hydrogen-bond donors (Lipinski definition) is 2. The molecular weight excluding hydrogens is 308 g/mol. The van der Waals surface area contributed by atoms with E-state index in [-0.39, 0.29) is 10.8 Å². The van der Waals surface area contributed by atoms with Gasteiger partial charge in [0.25, 0.3) is 10.0 Å². The summed E-state index contributed by atoms with van der Waals surface area (Å²) in [6, 6.07) is 8.91. The summed E-state index contributed by atoms with van der Waals surface area (Å²) in [5, 5.41) is 10.1. The number of aliphatic hydroxyl groups is 1. The van der Waals surface area contributed by atoms with Crippen LogP contribution in [0.5, 0.6) is 0 Å². The first-order valence-corrected chi connectivity index (χ1v) is 8.83. The van der Waals surface area contributed by atoms with E-state index in [1.807, 2.05) is 30.3 Å². The lowest BCUT2D eigenvalue weighted by Gasteiger charge is -2.16. The molecule has 0 radical (unpaired) electrons. The summed E-state index contributed by atoms with van der Waals surface area (Å²) in [5.41, 5.74) is 1.46. The van der Waals surface area contributed by atoms with Crippen molar-refractivity contribution in [2.24, 2.45) is 0 Å². The van der Waals surface area contributed by atoms with Crippen LogP contribution in [-0.4, -0.2) is 31.2 Å². The first-order valence-electron chi connectivity index (χ1n) is 6.53. The van der Waals surface area contributed by atoms with Gasteiger partial charge in [-0.2, -0.15) is 0 Å². The zero-order valence-electron chi connectivity index (χ0n) is 11.9. The van der Waals surface area contributed by atoms with Crippen LogP contribution in [0, 0.1) is 13.8 Å². The van der Waals surface area contributed by atoms with Gasteiger partial charge in [-0.25, -0.2) is 18.1 Å². The highest BCUT2D eigenvalue weighted by Gasteiger charge is 2.24. The van der Waals surface area contributed by atoms with E-state index in [1.54, 1.807) is 13.8 Å². The predicted octanol–water partition coefficient (Wildman–Crippen LogP) is 1.64. The summed E-state index contributed by atoms with van der Waals surface area (Å²) < 4.78 is 27.5. The molecule has 2 N–H and O–H groups in total. The number of rotatable bonds is 6. The van der Waals surface area contributed by atoms with E-state index < -0.39 is 16.1 Å². The molecule has 0 aliphatic carbocycles. The molecule has 0 saturated heterocycles. The van der Waals surface area contributed by atoms with Gasteiger partial charge in [0, 0.05) is 6.04 Å². The summed E-state index contributed by atoms with van der Waals surface area (Å²) in [4.78, 5) is 4.13. The Bertz CT molecular complexity index is 696. The fourth-order valence-corrected chi connectivity index (χ4v) is 4.80. The van der Waals surface area contributed by atoms with E-state index in [0.717, 1.165) is 16.9 Å². The van der Waals surface area contributed by atoms with E-state index >= 15 is 0 Å². The third-order valence-corrected chi connectivity index (χ3v) is 6.18. The summed E-state index contributed by atoms with van der Waals surface area (Å²) >= 11 is 1.14. The third kappa shape index (κ3) is 4.10. The van der Waals surface area contributed by atoms with E-state index in [1.165, 1.54) is 0 Å². The standard InChI is InChI=1S/C14H18N2O3S2/c1-10-14(20-11(2)15-10)21(18,19)16-13(9-17)8-12-6-4-3-5-7-12/h3-7,13,16-17H,8-9H2,1-2H3/t13-/m1/s1. The van der Waals surface area contributed by atoms with Gasteiger partial charge in [-0.05, 0) is 25.8 Å². The van der Waals surface area contributed by atoms with E-state index in [9.17, 15) is 13.5 Å². The second kappa shape index (κ2) is 6.65. The SMILES string of the molecule is Cc1nc(C)c(S(=O)(=O)N[C@@H](CO)Cc2ccccc2)s1. The molecular formula is C14H18N2O3S2. The molecule has 0 spiro atoms. The van der Waals surface area contributed by atoms with E-state index in [2.05, 4.69) is 9.71 Å². The number of nitrogens with one attached hydrogen (secondary N) is 1. The highest BCUT2D eigenvalue weighted by molar-refractivity contribution is 7.91. The minimum atomic E-state index is -3.66. The Kier molecular flexibility index (Phi) is 5.10. The van der Waals surface area contributed by atoms with Crippen LogP contribution in [0.3, 0.4) is 0 Å². The van der Waals surface area contributed by atoms with Crippen molar-refractivity contribution in [3.8, 4) is 0 Å². The van der Waals surface area contributed by atoms with Crippen molar-refractivity contribution < 1.29 is 13.5 Å². The molecule has 0 bridgehead atoms. The maximum absolute atomic E-state index is 12.4. The monoisotopic (exact) mass is 326 g/mol. The Morgan fingerprint density at radius 3 is 2.48 bits per heavy atom. The van der Waals surface area contributed by atoms with Crippen molar-refractivity contribution in [1.82, 2.24) is 9.71 Å². The lowest BCUT2D eigenvalue weighted by atomic mass is 10.1. The molecule has 1 heterocycles. The minimum absolute atomic E-state index is 0.214. The molecule has 2 rings (SSSR count). The second-order valence-electron chi connectivity index (χ2n) is 4.80. The molecule has 21 heavy (non-hydrogen) atoms. The molecule has 0 saturated carbocycles. The molecule has 5 nitrogen and oxygen atoms in total. The van der Waals surface area contributed by atoms with Crippen LogP contribution < -0.4 is 4.72 Å². The largest absolute Gasteiger partial charge is 0.395 e. The van der Waals surface area contributed by atoms with Crippen LogP contribution in [-0.2, 0) is 16.4 Å². The van der Waals surface area contributed by atoms with Crippen LogP contribution >= 0.6 is 11.3 Å². The summed E-state index contributed by atoms with van der Waals surface area (Å²) in [6.07, 6.45) is 0.438. The molecule has 114 valence electrons. The van der Waals surface area contributed by atoms with Crippen molar-refractivity contribution in [3.63, 3.8) is 0 Å². The van der Waals surface area contributed by atoms with Gasteiger partial charge >= 0.3 is 0 Å². The van der Waals surface area contributed by atoms with Gasteiger partial charge in [-0.3, -0.25) is 0 Å². The number of thiazole rings is 1. The molecule has 0 aliphatic heterocycles. The quantitative estimate of drug-likeness (QED) is 0.846. The Morgan fingerprint density at radius 2 is 1.95 bits per heavy atom. The Balaban J connectivity index is 2.16. The zero-order chi connectivity index (χ0) is 15.5. The topological polar surface area (TPSA) is 79.3 Å². The van der Waals surface area contributed by atoms with Crippen LogP contribution in [0.4, 0.5) is 0 Å². The summed E-state index contributed by atoms with van der Waals surface area (Å²) in [7, 11) is -3.66. The van der Waals surface area contributed by atoms with Gasteiger partial charge in [0.05, 0.1) is 17.3 Å². The first-order chi connectivity index (χ1) is 9.92. The number of nitrogens with zero attached hydrogens (tertiary/aromatic N) is 1. The highest BCUT2D eigenvalue weighted by Crippen LogP contribution is 2.23. The summed E-state index contributed by atoms with van der Waals surface area (Å²) in [5.74, 6) is 0. The van der Waals surface area contributed by atoms with Crippen LogP contribution in [0.1, 0.15) is 16.3 Å². The van der Waals surface area contributed by atoms with Crippen molar-refractivity contribution >= 4 is 21.4 Å². The molecule has 1 aromatic carbocycles. The molecule has 1 atom stereocenters. The molecule has 0 fully saturated rings. The lowest BCUT2D eigenvalue weighted by molar-refractivity contribution is 0.256. The number of hydrogen-bond acceptors (Lipinski definition) is 5. The average molecular weight is 326 g/mol.